The van der Waals surface area contributed by atoms with E-state index in [1.54, 1.807) is 11.0 Å². The Morgan fingerprint density at radius 3 is 2.63 bits per heavy atom. The van der Waals surface area contributed by atoms with Gasteiger partial charge in [-0.1, -0.05) is 65.3 Å². The maximum absolute atomic E-state index is 12.8. The summed E-state index contributed by atoms with van der Waals surface area (Å²) in [5.41, 5.74) is 2.78. The van der Waals surface area contributed by atoms with E-state index in [1.165, 1.54) is 16.4 Å². The molecule has 27 heavy (non-hydrogen) atoms. The summed E-state index contributed by atoms with van der Waals surface area (Å²) in [5.74, 6) is 6.77. The molecular weight excluding hydrogens is 382 g/mol. The van der Waals surface area contributed by atoms with Crippen LogP contribution in [0.1, 0.15) is 12.0 Å². The molecule has 1 aliphatic heterocycles. The molecule has 3 aromatic rings. The van der Waals surface area contributed by atoms with Crippen LogP contribution in [-0.2, 0) is 4.79 Å². The number of hydrogen-bond donors (Lipinski definition) is 1. The molecule has 0 spiro atoms. The molecule has 2 aromatic carbocycles. The van der Waals surface area contributed by atoms with Crippen molar-refractivity contribution in [3.8, 4) is 11.4 Å². The summed E-state index contributed by atoms with van der Waals surface area (Å²) >= 11 is 7.58. The second-order valence-electron chi connectivity index (χ2n) is 6.38. The first-order valence-corrected chi connectivity index (χ1v) is 9.80. The van der Waals surface area contributed by atoms with Crippen molar-refractivity contribution in [2.24, 2.45) is 0 Å². The largest absolute Gasteiger partial charge is 0.335 e. The summed E-state index contributed by atoms with van der Waals surface area (Å²) in [7, 11) is 0. The zero-order valence-corrected chi connectivity index (χ0v) is 16.2. The minimum absolute atomic E-state index is 0.00739. The molecule has 6 nitrogen and oxygen atoms in total. The number of rotatable bonds is 4. The Hall–Kier alpha value is -2.51. The number of carbonyl (C=O) groups is 1. The summed E-state index contributed by atoms with van der Waals surface area (Å²) in [5, 5.41) is 9.20. The van der Waals surface area contributed by atoms with E-state index in [1.807, 2.05) is 49.4 Å². The molecule has 4 rings (SSSR count). The van der Waals surface area contributed by atoms with Crippen molar-refractivity contribution in [1.29, 1.82) is 0 Å². The van der Waals surface area contributed by atoms with E-state index in [2.05, 4.69) is 10.2 Å². The maximum atomic E-state index is 12.8. The van der Waals surface area contributed by atoms with Gasteiger partial charge in [0.25, 0.3) is 0 Å². The zero-order valence-electron chi connectivity index (χ0n) is 14.7. The van der Waals surface area contributed by atoms with Crippen LogP contribution in [0.15, 0.2) is 53.7 Å². The summed E-state index contributed by atoms with van der Waals surface area (Å²) in [6.45, 7) is 2.64. The van der Waals surface area contributed by atoms with Crippen LogP contribution in [0, 0.1) is 6.92 Å². The van der Waals surface area contributed by atoms with Crippen LogP contribution in [0.2, 0.25) is 5.02 Å². The fraction of sp³-hybridized carbons (Fsp3) is 0.211. The summed E-state index contributed by atoms with van der Waals surface area (Å²) in [6, 6.07) is 15.3. The first-order chi connectivity index (χ1) is 13.0. The van der Waals surface area contributed by atoms with Crippen LogP contribution in [-0.4, -0.2) is 32.6 Å². The number of aryl methyl sites for hydroxylation is 1. The van der Waals surface area contributed by atoms with E-state index in [4.69, 9.17) is 17.4 Å². The van der Waals surface area contributed by atoms with Crippen molar-refractivity contribution in [2.75, 3.05) is 17.3 Å². The van der Waals surface area contributed by atoms with Crippen LogP contribution in [0.5, 0.6) is 0 Å². The highest BCUT2D eigenvalue weighted by molar-refractivity contribution is 8.00. The Kier molecular flexibility index (Phi) is 4.80. The van der Waals surface area contributed by atoms with Gasteiger partial charge in [0, 0.05) is 12.1 Å². The number of nitrogens with zero attached hydrogens (tertiary/aromatic N) is 4. The van der Waals surface area contributed by atoms with Crippen LogP contribution in [0.25, 0.3) is 11.4 Å². The molecule has 8 heteroatoms. The number of benzene rings is 2. The van der Waals surface area contributed by atoms with Gasteiger partial charge < -0.3 is 10.7 Å². The Bertz CT molecular complexity index is 988. The van der Waals surface area contributed by atoms with Gasteiger partial charge in [-0.15, -0.1) is 10.2 Å². The minimum Gasteiger partial charge on any atom is -0.335 e. The monoisotopic (exact) mass is 399 g/mol. The number of nitrogen functional groups attached to an aromatic ring is 1. The molecular formula is C19H18ClN5OS. The highest BCUT2D eigenvalue weighted by atomic mass is 35.5. The molecule has 2 N–H and O–H groups in total. The molecule has 1 saturated heterocycles. The SMILES string of the molecule is Cc1ccc(-c2nnc(SC3CCN(c4ccccc4Cl)C3=O)n2N)cc1. The Morgan fingerprint density at radius 2 is 1.89 bits per heavy atom. The normalized spacial score (nSPS) is 16.9. The molecule has 1 atom stereocenters. The van der Waals surface area contributed by atoms with E-state index in [0.29, 0.717) is 29.0 Å². The molecule has 0 aliphatic carbocycles. The van der Waals surface area contributed by atoms with Crippen molar-refractivity contribution in [1.82, 2.24) is 14.9 Å². The van der Waals surface area contributed by atoms with Crippen LogP contribution < -0.4 is 10.7 Å². The fourth-order valence-corrected chi connectivity index (χ4v) is 4.29. The molecule has 1 unspecified atom stereocenters. The van der Waals surface area contributed by atoms with E-state index in [9.17, 15) is 4.79 Å². The molecule has 2 heterocycles. The molecule has 0 saturated carbocycles. The third kappa shape index (κ3) is 3.40. The predicted molar refractivity (Wildman–Crippen MR) is 108 cm³/mol. The second kappa shape index (κ2) is 7.25. The second-order valence-corrected chi connectivity index (χ2v) is 7.96. The van der Waals surface area contributed by atoms with Gasteiger partial charge in [0.2, 0.25) is 11.1 Å². The summed E-state index contributed by atoms with van der Waals surface area (Å²) < 4.78 is 1.45. The average molecular weight is 400 g/mol. The number of amides is 1. The number of aromatic nitrogens is 3. The third-order valence-electron chi connectivity index (χ3n) is 4.52. The first kappa shape index (κ1) is 17.9. The van der Waals surface area contributed by atoms with Crippen LogP contribution in [0.3, 0.4) is 0 Å². The average Bonchev–Trinajstić information content (AvgIpc) is 3.20. The molecule has 138 valence electrons. The number of hydrogen-bond acceptors (Lipinski definition) is 5. The van der Waals surface area contributed by atoms with Gasteiger partial charge >= 0.3 is 0 Å². The Morgan fingerprint density at radius 1 is 1.15 bits per heavy atom. The van der Waals surface area contributed by atoms with Crippen molar-refractivity contribution < 1.29 is 4.79 Å². The molecule has 0 radical (unpaired) electrons. The van der Waals surface area contributed by atoms with Gasteiger partial charge in [0.05, 0.1) is 16.0 Å². The number of anilines is 1. The van der Waals surface area contributed by atoms with E-state index < -0.39 is 0 Å². The number of carbonyl (C=O) groups excluding carboxylic acids is 1. The predicted octanol–water partition coefficient (Wildman–Crippen LogP) is 3.52. The van der Waals surface area contributed by atoms with E-state index in [-0.39, 0.29) is 11.2 Å². The molecule has 1 aliphatic rings. The summed E-state index contributed by atoms with van der Waals surface area (Å²) in [4.78, 5) is 14.6. The van der Waals surface area contributed by atoms with Gasteiger partial charge in [0.15, 0.2) is 5.82 Å². The number of halogens is 1. The standard InChI is InChI=1S/C19H18ClN5OS/c1-12-6-8-13(9-7-12)17-22-23-19(25(17)21)27-16-10-11-24(18(16)26)15-5-3-2-4-14(15)20/h2-9,16H,10-11,21H2,1H3. The number of nitrogens with two attached hydrogens (primary N) is 1. The van der Waals surface area contributed by atoms with Gasteiger partial charge in [-0.25, -0.2) is 4.68 Å². The lowest BCUT2D eigenvalue weighted by Crippen LogP contribution is -2.28. The Labute approximate surface area is 166 Å². The number of thioether (sulfide) groups is 1. The van der Waals surface area contributed by atoms with Crippen molar-refractivity contribution in [3.63, 3.8) is 0 Å². The smallest absolute Gasteiger partial charge is 0.240 e. The topological polar surface area (TPSA) is 77.0 Å². The molecule has 1 aromatic heterocycles. The fourth-order valence-electron chi connectivity index (χ4n) is 3.06. The van der Waals surface area contributed by atoms with Gasteiger partial charge in [-0.3, -0.25) is 4.79 Å². The highest BCUT2D eigenvalue weighted by Crippen LogP contribution is 2.35. The first-order valence-electron chi connectivity index (χ1n) is 8.54. The van der Waals surface area contributed by atoms with Crippen molar-refractivity contribution in [2.45, 2.75) is 23.8 Å². The summed E-state index contributed by atoms with van der Waals surface area (Å²) in [6.07, 6.45) is 0.696. The lowest BCUT2D eigenvalue weighted by Gasteiger charge is -2.17. The lowest BCUT2D eigenvalue weighted by atomic mass is 10.1. The quantitative estimate of drug-likeness (QED) is 0.679. The van der Waals surface area contributed by atoms with Crippen molar-refractivity contribution >= 4 is 35.0 Å². The molecule has 1 amide bonds. The minimum atomic E-state index is -0.265. The van der Waals surface area contributed by atoms with Gasteiger partial charge in [0.1, 0.15) is 0 Å². The lowest BCUT2D eigenvalue weighted by molar-refractivity contribution is -0.116. The Balaban J connectivity index is 1.53. The van der Waals surface area contributed by atoms with Crippen molar-refractivity contribution in [3.05, 3.63) is 59.1 Å². The van der Waals surface area contributed by atoms with Gasteiger partial charge in [-0.05, 0) is 25.5 Å². The maximum Gasteiger partial charge on any atom is 0.240 e. The zero-order chi connectivity index (χ0) is 19.0. The number of para-hydroxylation sites is 1. The van der Waals surface area contributed by atoms with E-state index in [0.717, 1.165) is 16.8 Å². The van der Waals surface area contributed by atoms with E-state index >= 15 is 0 Å². The molecule has 1 fully saturated rings. The third-order valence-corrected chi connectivity index (χ3v) is 6.05. The van der Waals surface area contributed by atoms with Gasteiger partial charge in [-0.2, -0.15) is 0 Å². The highest BCUT2D eigenvalue weighted by Gasteiger charge is 2.35. The molecule has 0 bridgehead atoms. The van der Waals surface area contributed by atoms with Crippen LogP contribution in [0.4, 0.5) is 5.69 Å². The van der Waals surface area contributed by atoms with Crippen LogP contribution >= 0.6 is 23.4 Å².